The minimum atomic E-state index is 0.371. The van der Waals surface area contributed by atoms with Crippen molar-refractivity contribution in [1.82, 2.24) is 9.88 Å². The van der Waals surface area contributed by atoms with Gasteiger partial charge >= 0.3 is 0 Å². The summed E-state index contributed by atoms with van der Waals surface area (Å²) >= 11 is 0. The molecule has 1 aromatic rings. The number of piperidine rings is 1. The van der Waals surface area contributed by atoms with Crippen molar-refractivity contribution < 1.29 is 14.2 Å². The standard InChI is InChI=1S/C27H47N3O3/c1-23-7-8-26(28-19-23)29-25-10-16-30(17-11-25)18-15-27(12-5-4-6-13-27)14-9-24(20-31-2)21-33-22-32-3/h7-8,19,24-25H,4-6,9-18,20-22H2,1-3H3,(H,28,29). The highest BCUT2D eigenvalue weighted by Gasteiger charge is 2.33. The van der Waals surface area contributed by atoms with Gasteiger partial charge in [0.15, 0.2) is 0 Å². The van der Waals surface area contributed by atoms with E-state index in [1.54, 1.807) is 14.2 Å². The molecule has 2 fully saturated rings. The molecule has 1 aliphatic heterocycles. The lowest BCUT2D eigenvalue weighted by Gasteiger charge is -2.41. The normalized spacial score (nSPS) is 20.6. The van der Waals surface area contributed by atoms with Gasteiger partial charge in [-0.05, 0) is 75.5 Å². The number of ether oxygens (including phenoxy) is 3. The molecule has 2 aliphatic rings. The molecule has 0 spiro atoms. The van der Waals surface area contributed by atoms with Crippen LogP contribution < -0.4 is 5.32 Å². The van der Waals surface area contributed by atoms with E-state index in [-0.39, 0.29) is 0 Å². The van der Waals surface area contributed by atoms with Crippen LogP contribution in [0.15, 0.2) is 18.3 Å². The van der Waals surface area contributed by atoms with Crippen molar-refractivity contribution in [2.45, 2.75) is 77.2 Å². The van der Waals surface area contributed by atoms with Gasteiger partial charge in [0.05, 0.1) is 13.2 Å². The lowest BCUT2D eigenvalue weighted by molar-refractivity contribution is -0.0546. The van der Waals surface area contributed by atoms with E-state index in [4.69, 9.17) is 14.2 Å². The van der Waals surface area contributed by atoms with E-state index in [9.17, 15) is 0 Å². The van der Waals surface area contributed by atoms with Crippen LogP contribution in [0.2, 0.25) is 0 Å². The second-order valence-electron chi connectivity index (χ2n) is 10.4. The number of pyridine rings is 1. The van der Waals surface area contributed by atoms with Crippen LogP contribution in [0.1, 0.15) is 69.8 Å². The monoisotopic (exact) mass is 461 g/mol. The van der Waals surface area contributed by atoms with Crippen LogP contribution in [0.3, 0.4) is 0 Å². The van der Waals surface area contributed by atoms with Crippen LogP contribution in [0.25, 0.3) is 0 Å². The quantitative estimate of drug-likeness (QED) is 0.301. The van der Waals surface area contributed by atoms with Crippen molar-refractivity contribution in [3.63, 3.8) is 0 Å². The van der Waals surface area contributed by atoms with Crippen LogP contribution in [-0.2, 0) is 14.2 Å². The summed E-state index contributed by atoms with van der Waals surface area (Å²) in [7, 11) is 3.48. The fraction of sp³-hybridized carbons (Fsp3) is 0.815. The van der Waals surface area contributed by atoms with Gasteiger partial charge in [0, 0.05) is 45.5 Å². The van der Waals surface area contributed by atoms with E-state index in [2.05, 4.69) is 34.3 Å². The summed E-state index contributed by atoms with van der Waals surface area (Å²) < 4.78 is 16.2. The van der Waals surface area contributed by atoms with E-state index in [0.717, 1.165) is 19.0 Å². The van der Waals surface area contributed by atoms with Crippen molar-refractivity contribution in [3.05, 3.63) is 23.9 Å². The van der Waals surface area contributed by atoms with Crippen molar-refractivity contribution in [2.24, 2.45) is 11.3 Å². The largest absolute Gasteiger partial charge is 0.384 e. The van der Waals surface area contributed by atoms with Gasteiger partial charge in [-0.25, -0.2) is 4.98 Å². The van der Waals surface area contributed by atoms with Gasteiger partial charge in [-0.15, -0.1) is 0 Å². The zero-order valence-electron chi connectivity index (χ0n) is 21.3. The molecule has 1 aliphatic carbocycles. The number of nitrogens with one attached hydrogen (secondary N) is 1. The topological polar surface area (TPSA) is 55.9 Å². The second-order valence-corrected chi connectivity index (χ2v) is 10.4. The molecule has 33 heavy (non-hydrogen) atoms. The van der Waals surface area contributed by atoms with E-state index in [0.29, 0.717) is 24.2 Å². The molecule has 188 valence electrons. The average molecular weight is 462 g/mol. The maximum Gasteiger partial charge on any atom is 0.146 e. The molecule has 1 N–H and O–H groups in total. The van der Waals surface area contributed by atoms with Gasteiger partial charge in [-0.2, -0.15) is 0 Å². The number of hydrogen-bond acceptors (Lipinski definition) is 6. The number of aromatic nitrogens is 1. The lowest BCUT2D eigenvalue weighted by Crippen LogP contribution is -2.41. The van der Waals surface area contributed by atoms with Crippen LogP contribution in [0.5, 0.6) is 0 Å². The Kier molecular flexibility index (Phi) is 11.4. The highest BCUT2D eigenvalue weighted by Crippen LogP contribution is 2.44. The second kappa shape index (κ2) is 14.2. The molecule has 0 aromatic carbocycles. The Morgan fingerprint density at radius 1 is 1.06 bits per heavy atom. The highest BCUT2D eigenvalue weighted by molar-refractivity contribution is 5.36. The number of methoxy groups -OCH3 is 2. The molecular formula is C27H47N3O3. The molecule has 0 bridgehead atoms. The molecule has 6 nitrogen and oxygen atoms in total. The zero-order valence-corrected chi connectivity index (χ0v) is 21.3. The van der Waals surface area contributed by atoms with E-state index in [1.807, 2.05) is 6.20 Å². The third kappa shape index (κ3) is 9.16. The molecule has 3 rings (SSSR count). The Balaban J connectivity index is 1.43. The molecule has 1 aromatic heterocycles. The Bertz CT molecular complexity index is 641. The highest BCUT2D eigenvalue weighted by atomic mass is 16.7. The molecule has 0 radical (unpaired) electrons. The Morgan fingerprint density at radius 2 is 1.85 bits per heavy atom. The molecule has 1 saturated heterocycles. The SMILES string of the molecule is COCOCC(CCC1(CCN2CCC(Nc3ccc(C)cn3)CC2)CCCCC1)COC. The smallest absolute Gasteiger partial charge is 0.146 e. The summed E-state index contributed by atoms with van der Waals surface area (Å²) in [5, 5.41) is 3.64. The predicted octanol–water partition coefficient (Wildman–Crippen LogP) is 5.27. The summed E-state index contributed by atoms with van der Waals surface area (Å²) in [4.78, 5) is 7.22. The maximum atomic E-state index is 5.66. The van der Waals surface area contributed by atoms with Gasteiger partial charge in [0.25, 0.3) is 0 Å². The summed E-state index contributed by atoms with van der Waals surface area (Å²) in [6, 6.07) is 4.78. The minimum absolute atomic E-state index is 0.371. The molecular weight excluding hydrogens is 414 g/mol. The van der Waals surface area contributed by atoms with Gasteiger partial charge in [0.1, 0.15) is 12.6 Å². The van der Waals surface area contributed by atoms with Crippen molar-refractivity contribution in [1.29, 1.82) is 0 Å². The molecule has 6 heteroatoms. The number of anilines is 1. The summed E-state index contributed by atoms with van der Waals surface area (Å²) in [5.74, 6) is 1.47. The molecule has 1 unspecified atom stereocenters. The van der Waals surface area contributed by atoms with Crippen molar-refractivity contribution in [3.8, 4) is 0 Å². The van der Waals surface area contributed by atoms with E-state index < -0.39 is 0 Å². The number of aryl methyl sites for hydroxylation is 1. The number of hydrogen-bond donors (Lipinski definition) is 1. The Hall–Kier alpha value is -1.21. The first-order valence-electron chi connectivity index (χ1n) is 13.1. The first kappa shape index (κ1) is 26.4. The lowest BCUT2D eigenvalue weighted by atomic mass is 9.68. The summed E-state index contributed by atoms with van der Waals surface area (Å²) in [6.07, 6.45) is 15.2. The number of likely N-dealkylation sites (tertiary alicyclic amines) is 1. The molecule has 1 atom stereocenters. The fourth-order valence-electron chi connectivity index (χ4n) is 5.64. The summed E-state index contributed by atoms with van der Waals surface area (Å²) in [5.41, 5.74) is 1.72. The van der Waals surface area contributed by atoms with Crippen molar-refractivity contribution in [2.75, 3.05) is 59.2 Å². The molecule has 1 saturated carbocycles. The minimum Gasteiger partial charge on any atom is -0.384 e. The number of rotatable bonds is 14. The maximum absolute atomic E-state index is 5.66. The fourth-order valence-corrected chi connectivity index (χ4v) is 5.64. The van der Waals surface area contributed by atoms with Crippen LogP contribution >= 0.6 is 0 Å². The van der Waals surface area contributed by atoms with Crippen LogP contribution in [-0.4, -0.2) is 69.8 Å². The van der Waals surface area contributed by atoms with E-state index >= 15 is 0 Å². The predicted molar refractivity (Wildman–Crippen MR) is 135 cm³/mol. The zero-order chi connectivity index (χ0) is 23.4. The van der Waals surface area contributed by atoms with Crippen LogP contribution in [0.4, 0.5) is 5.82 Å². The molecule has 2 heterocycles. The van der Waals surface area contributed by atoms with Gasteiger partial charge < -0.3 is 24.4 Å². The van der Waals surface area contributed by atoms with Crippen LogP contribution in [0, 0.1) is 18.3 Å². The van der Waals surface area contributed by atoms with Crippen molar-refractivity contribution >= 4 is 5.82 Å². The number of nitrogens with zero attached hydrogens (tertiary/aromatic N) is 2. The first-order chi connectivity index (χ1) is 16.1. The average Bonchev–Trinajstić information content (AvgIpc) is 2.84. The van der Waals surface area contributed by atoms with E-state index in [1.165, 1.54) is 89.4 Å². The Labute approximate surface area is 201 Å². The van der Waals surface area contributed by atoms with Gasteiger partial charge in [-0.1, -0.05) is 25.3 Å². The third-order valence-electron chi connectivity index (χ3n) is 7.76. The summed E-state index contributed by atoms with van der Waals surface area (Å²) in [6.45, 7) is 7.58. The van der Waals surface area contributed by atoms with Gasteiger partial charge in [-0.3, -0.25) is 0 Å². The third-order valence-corrected chi connectivity index (χ3v) is 7.76. The van der Waals surface area contributed by atoms with Gasteiger partial charge in [0.2, 0.25) is 0 Å². The Morgan fingerprint density at radius 3 is 2.52 bits per heavy atom. The first-order valence-corrected chi connectivity index (χ1v) is 13.1. The molecule has 0 amide bonds.